The Morgan fingerprint density at radius 2 is 2.21 bits per heavy atom. The number of rotatable bonds is 0. The predicted octanol–water partition coefficient (Wildman–Crippen LogP) is 1.44. The predicted molar refractivity (Wildman–Crippen MR) is 55.3 cm³/mol. The highest BCUT2D eigenvalue weighted by molar-refractivity contribution is 9.10. The largest absolute Gasteiger partial charge is 0.389 e. The molecule has 5 heteroatoms. The van der Waals surface area contributed by atoms with E-state index in [0.717, 1.165) is 10.2 Å². The van der Waals surface area contributed by atoms with Crippen LogP contribution in [0, 0.1) is 0 Å². The monoisotopic (exact) mass is 251 g/mol. The van der Waals surface area contributed by atoms with Crippen molar-refractivity contribution in [2.75, 3.05) is 11.9 Å². The lowest BCUT2D eigenvalue weighted by molar-refractivity contribution is -0.115. The number of benzene rings is 1. The van der Waals surface area contributed by atoms with Crippen molar-refractivity contribution in [3.63, 3.8) is 0 Å². The normalized spacial score (nSPS) is 14.3. The molecule has 0 aromatic heterocycles. The van der Waals surface area contributed by atoms with Crippen molar-refractivity contribution in [1.29, 1.82) is 0 Å². The first-order chi connectivity index (χ1) is 6.66. The maximum absolute atomic E-state index is 11.6. The van der Waals surface area contributed by atoms with Crippen molar-refractivity contribution in [3.8, 4) is 0 Å². The number of carbonyl (C=O) groups is 1. The van der Waals surface area contributed by atoms with E-state index < -0.39 is 0 Å². The molecule has 0 atom stereocenters. The number of carbonyl (C=O) groups excluding carboxylic acids is 1. The fourth-order valence-electron chi connectivity index (χ4n) is 1.52. The van der Waals surface area contributed by atoms with Crippen molar-refractivity contribution in [2.45, 2.75) is 0 Å². The fourth-order valence-corrected chi connectivity index (χ4v) is 2.15. The van der Waals surface area contributed by atoms with Crippen LogP contribution in [-0.4, -0.2) is 23.5 Å². The number of fused-ring (bicyclic) bond motifs is 1. The molecule has 0 N–H and O–H groups in total. The van der Waals surface area contributed by atoms with Gasteiger partial charge in [0.2, 0.25) is 0 Å². The lowest BCUT2D eigenvalue weighted by Gasteiger charge is -2.08. The fraction of sp³-hybridized carbons (Fsp3) is 0.111. The lowest BCUT2D eigenvalue weighted by Crippen LogP contribution is -2.26. The van der Waals surface area contributed by atoms with E-state index in [2.05, 4.69) is 20.7 Å². The van der Waals surface area contributed by atoms with Crippen LogP contribution >= 0.6 is 15.9 Å². The van der Waals surface area contributed by atoms with E-state index in [-0.39, 0.29) is 11.6 Å². The first-order valence-corrected chi connectivity index (χ1v) is 4.75. The molecule has 1 amide bonds. The lowest BCUT2D eigenvalue weighted by atomic mass is 10.1. The minimum atomic E-state index is -0.297. The number of hydrogen-bond donors (Lipinski definition) is 0. The summed E-state index contributed by atoms with van der Waals surface area (Å²) in [5.74, 6) is -0.297. The molecule has 4 nitrogen and oxygen atoms in total. The Morgan fingerprint density at radius 3 is 2.86 bits per heavy atom. The van der Waals surface area contributed by atoms with E-state index in [1.54, 1.807) is 19.2 Å². The number of amides is 1. The van der Waals surface area contributed by atoms with Gasteiger partial charge in [-0.15, -0.1) is 0 Å². The molecular weight excluding hydrogens is 246 g/mol. The van der Waals surface area contributed by atoms with Crippen molar-refractivity contribution < 1.29 is 9.58 Å². The summed E-state index contributed by atoms with van der Waals surface area (Å²) in [5.41, 5.74) is 10.2. The molecule has 0 saturated carbocycles. The Morgan fingerprint density at radius 1 is 1.50 bits per heavy atom. The maximum atomic E-state index is 11.6. The summed E-state index contributed by atoms with van der Waals surface area (Å²) in [7, 11) is 1.64. The highest BCUT2D eigenvalue weighted by atomic mass is 79.9. The molecule has 0 bridgehead atoms. The molecule has 0 aliphatic carbocycles. The SMILES string of the molecule is CN1C(=O)C(=[N+]=[N-])c2cccc(Br)c21. The van der Waals surface area contributed by atoms with E-state index in [1.165, 1.54) is 4.90 Å². The Labute approximate surface area is 88.9 Å². The van der Waals surface area contributed by atoms with Gasteiger partial charge in [0.1, 0.15) is 0 Å². The zero-order chi connectivity index (χ0) is 10.3. The zero-order valence-electron chi connectivity index (χ0n) is 7.36. The molecule has 14 heavy (non-hydrogen) atoms. The van der Waals surface area contributed by atoms with Gasteiger partial charge < -0.3 is 10.4 Å². The zero-order valence-corrected chi connectivity index (χ0v) is 8.95. The Balaban J connectivity index is 2.80. The van der Waals surface area contributed by atoms with Crippen molar-refractivity contribution in [1.82, 2.24) is 0 Å². The first-order valence-electron chi connectivity index (χ1n) is 3.96. The van der Waals surface area contributed by atoms with Crippen LogP contribution in [0.25, 0.3) is 5.53 Å². The summed E-state index contributed by atoms with van der Waals surface area (Å²) in [4.78, 5) is 16.0. The van der Waals surface area contributed by atoms with Crippen LogP contribution in [0.3, 0.4) is 0 Å². The summed E-state index contributed by atoms with van der Waals surface area (Å²) < 4.78 is 0.810. The molecule has 0 saturated heterocycles. The number of nitrogens with zero attached hydrogens (tertiary/aromatic N) is 3. The van der Waals surface area contributed by atoms with E-state index in [1.807, 2.05) is 6.07 Å². The average Bonchev–Trinajstić information content (AvgIpc) is 2.41. The van der Waals surface area contributed by atoms with Crippen molar-refractivity contribution >= 4 is 33.2 Å². The molecule has 1 heterocycles. The minimum Gasteiger partial charge on any atom is -0.361 e. The Bertz CT molecular complexity index is 477. The van der Waals surface area contributed by atoms with E-state index in [0.29, 0.717) is 5.56 Å². The van der Waals surface area contributed by atoms with Gasteiger partial charge in [0, 0.05) is 11.5 Å². The second kappa shape index (κ2) is 3.04. The molecule has 1 aromatic rings. The summed E-state index contributed by atoms with van der Waals surface area (Å²) >= 11 is 3.34. The third-order valence-corrected chi connectivity index (χ3v) is 2.82. The van der Waals surface area contributed by atoms with Crippen molar-refractivity contribution in [3.05, 3.63) is 33.8 Å². The third-order valence-electron chi connectivity index (χ3n) is 2.18. The molecule has 0 radical (unpaired) electrons. The van der Waals surface area contributed by atoms with Crippen LogP contribution in [0.2, 0.25) is 0 Å². The minimum absolute atomic E-state index is 0.0869. The summed E-state index contributed by atoms with van der Waals surface area (Å²) in [6.45, 7) is 0. The number of halogens is 1. The molecule has 0 spiro atoms. The topological polar surface area (TPSA) is 56.7 Å². The van der Waals surface area contributed by atoms with Gasteiger partial charge in [0.05, 0.1) is 11.3 Å². The molecular formula is C9H6BrN3O. The second-order valence-electron chi connectivity index (χ2n) is 2.95. The van der Waals surface area contributed by atoms with Gasteiger partial charge in [-0.3, -0.25) is 4.79 Å². The molecule has 1 aliphatic heterocycles. The summed E-state index contributed by atoms with van der Waals surface area (Å²) in [6.07, 6.45) is 0. The quantitative estimate of drug-likeness (QED) is 0.509. The highest BCUT2D eigenvalue weighted by Crippen LogP contribution is 2.34. The maximum Gasteiger partial charge on any atom is 0.389 e. The number of hydrogen-bond acceptors (Lipinski definition) is 1. The van der Waals surface area contributed by atoms with Gasteiger partial charge in [-0.05, 0) is 28.1 Å². The van der Waals surface area contributed by atoms with Crippen LogP contribution in [0.15, 0.2) is 22.7 Å². The Hall–Kier alpha value is -1.45. The number of anilines is 1. The van der Waals surface area contributed by atoms with Crippen molar-refractivity contribution in [2.24, 2.45) is 0 Å². The average molecular weight is 252 g/mol. The van der Waals surface area contributed by atoms with E-state index >= 15 is 0 Å². The van der Waals surface area contributed by atoms with E-state index in [4.69, 9.17) is 5.53 Å². The second-order valence-corrected chi connectivity index (χ2v) is 3.80. The van der Waals surface area contributed by atoms with Gasteiger partial charge in [-0.1, -0.05) is 6.07 Å². The van der Waals surface area contributed by atoms with Gasteiger partial charge in [0.25, 0.3) is 0 Å². The number of para-hydroxylation sites is 1. The first kappa shape index (κ1) is 9.12. The smallest absolute Gasteiger partial charge is 0.361 e. The molecule has 2 rings (SSSR count). The Kier molecular flexibility index (Phi) is 1.98. The highest BCUT2D eigenvalue weighted by Gasteiger charge is 2.39. The van der Waals surface area contributed by atoms with Crippen LogP contribution in [0.5, 0.6) is 0 Å². The summed E-state index contributed by atoms with van der Waals surface area (Å²) in [6, 6.07) is 5.38. The molecule has 0 fully saturated rings. The van der Waals surface area contributed by atoms with Crippen LogP contribution in [-0.2, 0) is 4.79 Å². The van der Waals surface area contributed by atoms with Crippen LogP contribution in [0.1, 0.15) is 5.56 Å². The standard InChI is InChI=1S/C9H6BrN3O/c1-13-8-5(3-2-4-6(8)10)7(12-11)9(13)14/h2-4H,1H3. The van der Waals surface area contributed by atoms with Gasteiger partial charge in [-0.2, -0.15) is 4.79 Å². The van der Waals surface area contributed by atoms with Crippen LogP contribution in [0.4, 0.5) is 5.69 Å². The molecule has 1 aromatic carbocycles. The molecule has 0 unspecified atom stereocenters. The summed E-state index contributed by atoms with van der Waals surface area (Å²) in [5, 5.41) is 0. The van der Waals surface area contributed by atoms with E-state index in [9.17, 15) is 4.79 Å². The third kappa shape index (κ3) is 1.03. The number of likely N-dealkylation sites (N-methyl/N-ethyl adjacent to an activating group) is 1. The van der Waals surface area contributed by atoms with Gasteiger partial charge in [0.15, 0.2) is 0 Å². The molecule has 1 aliphatic rings. The van der Waals surface area contributed by atoms with Crippen LogP contribution < -0.4 is 4.90 Å². The molecule has 70 valence electrons. The van der Waals surface area contributed by atoms with Gasteiger partial charge >= 0.3 is 11.6 Å². The van der Waals surface area contributed by atoms with Gasteiger partial charge in [-0.25, -0.2) is 0 Å².